The van der Waals surface area contributed by atoms with Crippen molar-refractivity contribution < 1.29 is 19.4 Å². The van der Waals surface area contributed by atoms with E-state index in [0.717, 1.165) is 24.2 Å². The van der Waals surface area contributed by atoms with Gasteiger partial charge in [0, 0.05) is 31.7 Å². The molecule has 1 aromatic rings. The fourth-order valence-corrected chi connectivity index (χ4v) is 3.20. The number of rotatable bonds is 6. The minimum Gasteiger partial charge on any atom is -0.490 e. The summed E-state index contributed by atoms with van der Waals surface area (Å²) in [5.41, 5.74) is 1.15. The molecule has 0 bridgehead atoms. The van der Waals surface area contributed by atoms with Crippen LogP contribution in [0.5, 0.6) is 5.75 Å². The van der Waals surface area contributed by atoms with Crippen molar-refractivity contribution in [3.05, 3.63) is 29.8 Å². The number of amides is 2. The second kappa shape index (κ2) is 8.82. The first kappa shape index (κ1) is 18.4. The Kier molecular flexibility index (Phi) is 6.78. The molecule has 6 nitrogen and oxygen atoms in total. The van der Waals surface area contributed by atoms with Crippen molar-refractivity contribution in [2.24, 2.45) is 0 Å². The molecule has 132 valence electrons. The van der Waals surface area contributed by atoms with Crippen molar-refractivity contribution in [3.8, 4) is 5.75 Å². The number of hydrogen-bond donors (Lipinski definition) is 2. The van der Waals surface area contributed by atoms with Crippen LogP contribution in [-0.2, 0) is 4.79 Å². The third-order valence-electron chi connectivity index (χ3n) is 3.95. The largest absolute Gasteiger partial charge is 0.490 e. The van der Waals surface area contributed by atoms with E-state index in [2.05, 4.69) is 5.32 Å². The minimum absolute atomic E-state index is 0.0809. The molecule has 24 heavy (non-hydrogen) atoms. The molecule has 7 heteroatoms. The Morgan fingerprint density at radius 1 is 1.42 bits per heavy atom. The Labute approximate surface area is 146 Å². The molecule has 1 atom stereocenters. The fourth-order valence-electron chi connectivity index (χ4n) is 2.64. The maximum absolute atomic E-state index is 12.2. The van der Waals surface area contributed by atoms with Gasteiger partial charge >= 0.3 is 12.0 Å². The van der Waals surface area contributed by atoms with Crippen LogP contribution in [0.3, 0.4) is 0 Å². The van der Waals surface area contributed by atoms with Crippen LogP contribution >= 0.6 is 11.8 Å². The van der Waals surface area contributed by atoms with E-state index >= 15 is 0 Å². The van der Waals surface area contributed by atoms with E-state index in [1.807, 2.05) is 37.4 Å². The second-order valence-electron chi connectivity index (χ2n) is 5.92. The first-order valence-corrected chi connectivity index (χ1v) is 9.39. The van der Waals surface area contributed by atoms with Gasteiger partial charge in [-0.1, -0.05) is 12.1 Å². The van der Waals surface area contributed by atoms with Crippen LogP contribution in [0.15, 0.2) is 24.3 Å². The van der Waals surface area contributed by atoms with Gasteiger partial charge in [-0.05, 0) is 30.9 Å². The van der Waals surface area contributed by atoms with Gasteiger partial charge in [0.25, 0.3) is 0 Å². The molecule has 0 aliphatic carbocycles. The monoisotopic (exact) mass is 352 g/mol. The molecule has 1 heterocycles. The highest BCUT2D eigenvalue weighted by atomic mass is 32.2. The first-order chi connectivity index (χ1) is 11.5. The standard InChI is InChI=1S/C17H24N2O4S/c1-12-4-3-5-14(10-12)23-13-6-8-19(9-7-13)17(22)18-15(11-24-2)16(20)21/h3-5,10,13,15H,6-9,11H2,1-2H3,(H,18,22)(H,20,21)/t15-/m0/s1. The lowest BCUT2D eigenvalue weighted by Crippen LogP contribution is -2.52. The highest BCUT2D eigenvalue weighted by Crippen LogP contribution is 2.20. The number of thioether (sulfide) groups is 1. The van der Waals surface area contributed by atoms with Crippen molar-refractivity contribution in [2.75, 3.05) is 25.1 Å². The zero-order valence-corrected chi connectivity index (χ0v) is 14.8. The lowest BCUT2D eigenvalue weighted by Gasteiger charge is -2.33. The summed E-state index contributed by atoms with van der Waals surface area (Å²) in [6.45, 7) is 3.15. The Bertz CT molecular complexity index is 573. The van der Waals surface area contributed by atoms with Crippen molar-refractivity contribution in [1.82, 2.24) is 10.2 Å². The number of nitrogens with zero attached hydrogens (tertiary/aromatic N) is 1. The summed E-state index contributed by atoms with van der Waals surface area (Å²) in [5, 5.41) is 11.7. The summed E-state index contributed by atoms with van der Waals surface area (Å²) in [6, 6.07) is 6.75. The Balaban J connectivity index is 1.81. The van der Waals surface area contributed by atoms with Gasteiger partial charge in [-0.2, -0.15) is 11.8 Å². The van der Waals surface area contributed by atoms with Crippen molar-refractivity contribution in [1.29, 1.82) is 0 Å². The number of urea groups is 1. The number of benzene rings is 1. The molecule has 2 amide bonds. The molecule has 0 saturated carbocycles. The van der Waals surface area contributed by atoms with Gasteiger partial charge in [-0.15, -0.1) is 0 Å². The summed E-state index contributed by atoms with van der Waals surface area (Å²) < 4.78 is 5.97. The van der Waals surface area contributed by atoms with Gasteiger partial charge in [-0.25, -0.2) is 9.59 Å². The number of likely N-dealkylation sites (tertiary alicyclic amines) is 1. The topological polar surface area (TPSA) is 78.9 Å². The number of carboxylic acids is 1. The summed E-state index contributed by atoms with van der Waals surface area (Å²) >= 11 is 1.40. The molecule has 2 rings (SSSR count). The predicted molar refractivity (Wildman–Crippen MR) is 94.7 cm³/mol. The highest BCUT2D eigenvalue weighted by molar-refractivity contribution is 7.98. The summed E-state index contributed by atoms with van der Waals surface area (Å²) in [4.78, 5) is 25.0. The number of aliphatic carboxylic acids is 1. The maximum atomic E-state index is 12.2. The molecule has 1 aliphatic rings. The zero-order valence-electron chi connectivity index (χ0n) is 14.0. The van der Waals surface area contributed by atoms with E-state index in [1.165, 1.54) is 11.8 Å². The van der Waals surface area contributed by atoms with E-state index in [4.69, 9.17) is 9.84 Å². The van der Waals surface area contributed by atoms with Gasteiger partial charge in [0.05, 0.1) is 0 Å². The number of piperidine rings is 1. The van der Waals surface area contributed by atoms with E-state index in [1.54, 1.807) is 4.90 Å². The molecule has 1 aromatic carbocycles. The van der Waals surface area contributed by atoms with Crippen LogP contribution in [0, 0.1) is 6.92 Å². The SMILES string of the molecule is CSC[C@H](NC(=O)N1CCC(Oc2cccc(C)c2)CC1)C(=O)O. The zero-order chi connectivity index (χ0) is 17.5. The molecule has 0 aromatic heterocycles. The van der Waals surface area contributed by atoms with Gasteiger partial charge in [0.1, 0.15) is 17.9 Å². The molecule has 1 aliphatic heterocycles. The quantitative estimate of drug-likeness (QED) is 0.822. The Morgan fingerprint density at radius 3 is 2.71 bits per heavy atom. The van der Waals surface area contributed by atoms with Crippen LogP contribution < -0.4 is 10.1 Å². The molecule has 1 fully saturated rings. The lowest BCUT2D eigenvalue weighted by atomic mass is 10.1. The smallest absolute Gasteiger partial charge is 0.327 e. The van der Waals surface area contributed by atoms with Gasteiger partial charge in [0.2, 0.25) is 0 Å². The van der Waals surface area contributed by atoms with E-state index in [9.17, 15) is 9.59 Å². The van der Waals surface area contributed by atoms with Crippen LogP contribution in [0.25, 0.3) is 0 Å². The van der Waals surface area contributed by atoms with E-state index < -0.39 is 12.0 Å². The normalized spacial score (nSPS) is 16.5. The molecule has 0 unspecified atom stereocenters. The summed E-state index contributed by atoms with van der Waals surface area (Å²) in [6.07, 6.45) is 3.37. The number of nitrogens with one attached hydrogen (secondary N) is 1. The third-order valence-corrected chi connectivity index (χ3v) is 4.62. The molecular formula is C17H24N2O4S. The first-order valence-electron chi connectivity index (χ1n) is 8.00. The van der Waals surface area contributed by atoms with Gasteiger partial charge < -0.3 is 20.1 Å². The maximum Gasteiger partial charge on any atom is 0.327 e. The summed E-state index contributed by atoms with van der Waals surface area (Å²) in [5.74, 6) is 0.202. The van der Waals surface area contributed by atoms with Gasteiger partial charge in [0.15, 0.2) is 0 Å². The van der Waals surface area contributed by atoms with Crippen LogP contribution in [0.1, 0.15) is 18.4 Å². The Hall–Kier alpha value is -1.89. The van der Waals surface area contributed by atoms with Crippen molar-refractivity contribution >= 4 is 23.8 Å². The minimum atomic E-state index is -1.00. The van der Waals surface area contributed by atoms with E-state index in [0.29, 0.717) is 18.8 Å². The molecule has 1 saturated heterocycles. The lowest BCUT2D eigenvalue weighted by molar-refractivity contribution is -0.138. The number of carboxylic acid groups (broad SMARTS) is 1. The number of carbonyl (C=O) groups excluding carboxylic acids is 1. The molecule has 0 spiro atoms. The number of hydrogen-bond acceptors (Lipinski definition) is 4. The second-order valence-corrected chi connectivity index (χ2v) is 6.83. The highest BCUT2D eigenvalue weighted by Gasteiger charge is 2.27. The van der Waals surface area contributed by atoms with Crippen molar-refractivity contribution in [2.45, 2.75) is 31.9 Å². The molecule has 0 radical (unpaired) electrons. The van der Waals surface area contributed by atoms with E-state index in [-0.39, 0.29) is 12.1 Å². The average molecular weight is 352 g/mol. The molecule has 2 N–H and O–H groups in total. The van der Waals surface area contributed by atoms with Crippen LogP contribution in [0.4, 0.5) is 4.79 Å². The summed E-state index contributed by atoms with van der Waals surface area (Å²) in [7, 11) is 0. The molecular weight excluding hydrogens is 328 g/mol. The Morgan fingerprint density at radius 2 is 2.12 bits per heavy atom. The van der Waals surface area contributed by atoms with Gasteiger partial charge in [-0.3, -0.25) is 0 Å². The number of aryl methyl sites for hydroxylation is 1. The van der Waals surface area contributed by atoms with Crippen LogP contribution in [0.2, 0.25) is 0 Å². The third kappa shape index (κ3) is 5.33. The van der Waals surface area contributed by atoms with Crippen molar-refractivity contribution in [3.63, 3.8) is 0 Å². The van der Waals surface area contributed by atoms with Crippen LogP contribution in [-0.4, -0.2) is 59.3 Å². The average Bonchev–Trinajstić information content (AvgIpc) is 2.55. The fraction of sp³-hybridized carbons (Fsp3) is 0.529. The number of carbonyl (C=O) groups is 2. The predicted octanol–water partition coefficient (Wildman–Crippen LogP) is 2.36. The number of ether oxygens (including phenoxy) is 1.